The summed E-state index contributed by atoms with van der Waals surface area (Å²) in [6.45, 7) is 3.69. The van der Waals surface area contributed by atoms with Crippen LogP contribution in [0.3, 0.4) is 0 Å². The molecule has 0 unspecified atom stereocenters. The fourth-order valence-electron chi connectivity index (χ4n) is 4.51. The van der Waals surface area contributed by atoms with Gasteiger partial charge in [-0.2, -0.15) is 4.98 Å². The van der Waals surface area contributed by atoms with Crippen molar-refractivity contribution in [3.05, 3.63) is 41.5 Å². The van der Waals surface area contributed by atoms with E-state index >= 15 is 0 Å². The number of aryl methyl sites for hydroxylation is 2. The molecule has 1 atom stereocenters. The number of aromatic nitrogens is 2. The Kier molecular flexibility index (Phi) is 11.1. The molecule has 2 aromatic rings. The average Bonchev–Trinajstić information content (AvgIpc) is 3.40. The van der Waals surface area contributed by atoms with Crippen LogP contribution in [0.15, 0.2) is 28.8 Å². The summed E-state index contributed by atoms with van der Waals surface area (Å²) in [4.78, 5) is 48.6. The molecular formula is C28H41N5O5. The first kappa shape index (κ1) is 29.1. The van der Waals surface area contributed by atoms with E-state index in [-0.39, 0.29) is 17.7 Å². The third-order valence-electron chi connectivity index (χ3n) is 6.99. The molecule has 3 rings (SSSR count). The number of hydrogen-bond acceptors (Lipinski definition) is 7. The summed E-state index contributed by atoms with van der Waals surface area (Å²) in [7, 11) is 5.27. The molecule has 0 fully saturated rings. The summed E-state index contributed by atoms with van der Waals surface area (Å²) in [6, 6.07) is 6.62. The summed E-state index contributed by atoms with van der Waals surface area (Å²) >= 11 is 0. The molecule has 0 N–H and O–H groups in total. The van der Waals surface area contributed by atoms with Crippen molar-refractivity contribution >= 4 is 17.7 Å². The van der Waals surface area contributed by atoms with Gasteiger partial charge in [-0.05, 0) is 50.7 Å². The minimum absolute atomic E-state index is 0.00281. The lowest BCUT2D eigenvalue weighted by molar-refractivity contribution is -0.135. The summed E-state index contributed by atoms with van der Waals surface area (Å²) in [5, 5.41) is 3.86. The van der Waals surface area contributed by atoms with Crippen molar-refractivity contribution in [1.82, 2.24) is 24.8 Å². The molecule has 0 saturated heterocycles. The molecule has 0 radical (unpaired) electrons. The zero-order chi connectivity index (χ0) is 27.5. The molecule has 1 aromatic carbocycles. The van der Waals surface area contributed by atoms with Crippen molar-refractivity contribution < 1.29 is 23.6 Å². The van der Waals surface area contributed by atoms with Crippen molar-refractivity contribution in [3.8, 4) is 5.75 Å². The fourth-order valence-corrected chi connectivity index (χ4v) is 4.51. The van der Waals surface area contributed by atoms with E-state index in [1.165, 1.54) is 0 Å². The molecule has 10 heteroatoms. The second-order valence-corrected chi connectivity index (χ2v) is 9.87. The van der Waals surface area contributed by atoms with E-state index in [9.17, 15) is 14.4 Å². The monoisotopic (exact) mass is 527 g/mol. The number of carbonyl (C=O) groups excluding carboxylic acids is 3. The van der Waals surface area contributed by atoms with Crippen LogP contribution in [0, 0.1) is 0 Å². The van der Waals surface area contributed by atoms with Gasteiger partial charge in [0.15, 0.2) is 5.82 Å². The normalized spacial score (nSPS) is 17.2. The fraction of sp³-hybridized carbons (Fsp3) is 0.607. The van der Waals surface area contributed by atoms with Gasteiger partial charge in [0.05, 0.1) is 12.2 Å². The number of hydrogen-bond donors (Lipinski definition) is 0. The summed E-state index contributed by atoms with van der Waals surface area (Å²) in [6.07, 6.45) is 6.03. The van der Waals surface area contributed by atoms with Crippen LogP contribution >= 0.6 is 0 Å². The Hall–Kier alpha value is -3.43. The molecule has 1 aliphatic heterocycles. The van der Waals surface area contributed by atoms with Crippen LogP contribution in [0.4, 0.5) is 0 Å². The molecule has 0 aliphatic carbocycles. The topological polar surface area (TPSA) is 109 Å². The van der Waals surface area contributed by atoms with E-state index in [0.29, 0.717) is 74.8 Å². The molecule has 1 aliphatic rings. The Balaban J connectivity index is 1.58. The summed E-state index contributed by atoms with van der Waals surface area (Å²) in [5.41, 5.74) is 0.465. The highest BCUT2D eigenvalue weighted by Crippen LogP contribution is 2.23. The highest BCUT2D eigenvalue weighted by atomic mass is 16.5. The maximum atomic E-state index is 13.4. The lowest BCUT2D eigenvalue weighted by Gasteiger charge is -2.31. The Morgan fingerprint density at radius 3 is 2.68 bits per heavy atom. The molecule has 10 nitrogen and oxygen atoms in total. The Morgan fingerprint density at radius 2 is 1.92 bits per heavy atom. The van der Waals surface area contributed by atoms with E-state index in [2.05, 4.69) is 10.1 Å². The number of ether oxygens (including phenoxy) is 1. The van der Waals surface area contributed by atoms with Crippen LogP contribution in [0.2, 0.25) is 0 Å². The van der Waals surface area contributed by atoms with Gasteiger partial charge >= 0.3 is 0 Å². The van der Waals surface area contributed by atoms with Gasteiger partial charge < -0.3 is 24.0 Å². The molecule has 38 heavy (non-hydrogen) atoms. The predicted molar refractivity (Wildman–Crippen MR) is 143 cm³/mol. The van der Waals surface area contributed by atoms with E-state index in [1.807, 2.05) is 19.1 Å². The van der Waals surface area contributed by atoms with Crippen LogP contribution in [-0.2, 0) is 22.4 Å². The number of amides is 3. The lowest BCUT2D eigenvalue weighted by atomic mass is 10.0. The number of carbonyl (C=O) groups is 3. The Labute approximate surface area is 225 Å². The number of likely N-dealkylation sites (N-methyl/N-ethyl adjacent to an activating group) is 2. The standard InChI is InChI=1S/C28H41N5O5/c1-5-24-29-25(38-30-24)16-17-26(34)31(2)18-11-9-14-22-28(36)32(3)19-10-6-12-20-37-23-15-8-7-13-21(23)27(35)33(22)4/h7-8,13,15,22H,5-6,9-12,14,16-20H2,1-4H3/t22-/m0/s1. The third kappa shape index (κ3) is 8.03. The summed E-state index contributed by atoms with van der Waals surface area (Å²) in [5.74, 6) is 1.38. The maximum absolute atomic E-state index is 13.4. The number of unbranched alkanes of at least 4 members (excludes halogenated alkanes) is 1. The van der Waals surface area contributed by atoms with Crippen LogP contribution < -0.4 is 4.74 Å². The highest BCUT2D eigenvalue weighted by Gasteiger charge is 2.31. The van der Waals surface area contributed by atoms with Crippen LogP contribution in [-0.4, -0.2) is 89.4 Å². The SMILES string of the molecule is CCc1noc(CCC(=O)N(C)CCCC[C@H]2C(=O)N(C)CCCCCOc3ccccc3C(=O)N2C)n1. The second-order valence-electron chi connectivity index (χ2n) is 9.87. The molecular weight excluding hydrogens is 486 g/mol. The molecule has 2 heterocycles. The number of nitrogens with zero attached hydrogens (tertiary/aromatic N) is 5. The van der Waals surface area contributed by atoms with E-state index in [1.54, 1.807) is 48.0 Å². The maximum Gasteiger partial charge on any atom is 0.258 e. The number of para-hydroxylation sites is 1. The largest absolute Gasteiger partial charge is 0.493 e. The minimum atomic E-state index is -0.590. The number of fused-ring (bicyclic) bond motifs is 1. The van der Waals surface area contributed by atoms with Crippen LogP contribution in [0.25, 0.3) is 0 Å². The van der Waals surface area contributed by atoms with Gasteiger partial charge in [-0.3, -0.25) is 14.4 Å². The lowest BCUT2D eigenvalue weighted by Crippen LogP contribution is -2.48. The van der Waals surface area contributed by atoms with E-state index in [0.717, 1.165) is 25.7 Å². The molecule has 0 saturated carbocycles. The molecule has 1 aromatic heterocycles. The van der Waals surface area contributed by atoms with Crippen LogP contribution in [0.5, 0.6) is 5.75 Å². The molecule has 0 bridgehead atoms. The van der Waals surface area contributed by atoms with Gasteiger partial charge in [-0.15, -0.1) is 0 Å². The van der Waals surface area contributed by atoms with Crippen molar-refractivity contribution in [2.75, 3.05) is 40.8 Å². The zero-order valence-corrected chi connectivity index (χ0v) is 23.1. The van der Waals surface area contributed by atoms with Gasteiger partial charge in [0.2, 0.25) is 17.7 Å². The molecule has 3 amide bonds. The van der Waals surface area contributed by atoms with E-state index < -0.39 is 6.04 Å². The zero-order valence-electron chi connectivity index (χ0n) is 23.1. The first-order chi connectivity index (χ1) is 18.3. The first-order valence-corrected chi connectivity index (χ1v) is 13.6. The smallest absolute Gasteiger partial charge is 0.258 e. The number of rotatable bonds is 9. The van der Waals surface area contributed by atoms with Gasteiger partial charge in [0.25, 0.3) is 5.91 Å². The molecule has 0 spiro atoms. The first-order valence-electron chi connectivity index (χ1n) is 13.6. The quantitative estimate of drug-likeness (QED) is 0.460. The minimum Gasteiger partial charge on any atom is -0.493 e. The van der Waals surface area contributed by atoms with Crippen molar-refractivity contribution in [3.63, 3.8) is 0 Å². The Bertz CT molecular complexity index is 1070. The average molecular weight is 528 g/mol. The predicted octanol–water partition coefficient (Wildman–Crippen LogP) is 3.36. The van der Waals surface area contributed by atoms with Crippen molar-refractivity contribution in [1.29, 1.82) is 0 Å². The summed E-state index contributed by atoms with van der Waals surface area (Å²) < 4.78 is 11.1. The van der Waals surface area contributed by atoms with Gasteiger partial charge in [-0.1, -0.05) is 24.2 Å². The highest BCUT2D eigenvalue weighted by molar-refractivity contribution is 5.99. The second kappa shape index (κ2) is 14.5. The van der Waals surface area contributed by atoms with Gasteiger partial charge in [-0.25, -0.2) is 0 Å². The van der Waals surface area contributed by atoms with Gasteiger partial charge in [0.1, 0.15) is 11.8 Å². The Morgan fingerprint density at radius 1 is 1.13 bits per heavy atom. The van der Waals surface area contributed by atoms with Crippen molar-refractivity contribution in [2.45, 2.75) is 70.8 Å². The van der Waals surface area contributed by atoms with Gasteiger partial charge in [0, 0.05) is 53.5 Å². The third-order valence-corrected chi connectivity index (χ3v) is 6.99. The molecule has 208 valence electrons. The van der Waals surface area contributed by atoms with E-state index in [4.69, 9.17) is 9.26 Å². The van der Waals surface area contributed by atoms with Crippen LogP contribution in [0.1, 0.15) is 73.9 Å². The number of benzene rings is 1. The van der Waals surface area contributed by atoms with Crippen molar-refractivity contribution in [2.24, 2.45) is 0 Å².